The minimum atomic E-state index is 0.892. The van der Waals surface area contributed by atoms with Crippen LogP contribution < -0.4 is 4.90 Å². The van der Waals surface area contributed by atoms with Crippen LogP contribution in [-0.2, 0) is 13.1 Å². The van der Waals surface area contributed by atoms with Gasteiger partial charge in [-0.25, -0.2) is 0 Å². The molecule has 0 atom stereocenters. The van der Waals surface area contributed by atoms with Gasteiger partial charge in [-0.2, -0.15) is 0 Å². The predicted molar refractivity (Wildman–Crippen MR) is 109 cm³/mol. The lowest BCUT2D eigenvalue weighted by atomic mass is 10.1. The summed E-state index contributed by atoms with van der Waals surface area (Å²) >= 11 is 0. The van der Waals surface area contributed by atoms with E-state index in [0.717, 1.165) is 31.9 Å². The molecule has 0 N–H and O–H groups in total. The van der Waals surface area contributed by atoms with E-state index in [2.05, 4.69) is 70.2 Å². The fourth-order valence-corrected chi connectivity index (χ4v) is 3.60. The number of pyridine rings is 1. The Labute approximate surface area is 158 Å². The Morgan fingerprint density at radius 2 is 1.65 bits per heavy atom. The number of rotatable bonds is 8. The van der Waals surface area contributed by atoms with Crippen LogP contribution in [0.3, 0.4) is 0 Å². The highest BCUT2D eigenvalue weighted by molar-refractivity contribution is 5.53. The van der Waals surface area contributed by atoms with Gasteiger partial charge in [-0.05, 0) is 57.1 Å². The second-order valence-corrected chi connectivity index (χ2v) is 7.51. The monoisotopic (exact) mass is 352 g/mol. The second kappa shape index (κ2) is 9.70. The number of piperidine rings is 1. The standard InChI is InChI=1S/C22H32N4/c1-24(2)16-17-25(19-21-11-6-7-13-23-21)18-20-10-4-5-12-22(20)26-14-8-3-9-15-26/h4-7,10-13H,3,8-9,14-19H2,1-2H3. The van der Waals surface area contributed by atoms with E-state index in [9.17, 15) is 0 Å². The van der Waals surface area contributed by atoms with Crippen molar-refractivity contribution < 1.29 is 0 Å². The van der Waals surface area contributed by atoms with Crippen molar-refractivity contribution in [2.45, 2.75) is 32.4 Å². The van der Waals surface area contributed by atoms with Crippen molar-refractivity contribution in [3.63, 3.8) is 0 Å². The average Bonchev–Trinajstić information content (AvgIpc) is 2.68. The third-order valence-corrected chi connectivity index (χ3v) is 5.06. The maximum absolute atomic E-state index is 4.53. The molecule has 2 aromatic rings. The van der Waals surface area contributed by atoms with Gasteiger partial charge in [-0.15, -0.1) is 0 Å². The molecular formula is C22H32N4. The van der Waals surface area contributed by atoms with Crippen molar-refractivity contribution in [1.82, 2.24) is 14.8 Å². The summed E-state index contributed by atoms with van der Waals surface area (Å²) < 4.78 is 0. The molecule has 1 saturated heterocycles. The van der Waals surface area contributed by atoms with Crippen LogP contribution in [0.25, 0.3) is 0 Å². The molecule has 0 unspecified atom stereocenters. The molecule has 1 aromatic heterocycles. The van der Waals surface area contributed by atoms with Crippen molar-refractivity contribution >= 4 is 5.69 Å². The van der Waals surface area contributed by atoms with Gasteiger partial charge in [0.05, 0.1) is 5.69 Å². The molecular weight excluding hydrogens is 320 g/mol. The Morgan fingerprint density at radius 1 is 0.885 bits per heavy atom. The Balaban J connectivity index is 1.75. The van der Waals surface area contributed by atoms with E-state index in [0.29, 0.717) is 0 Å². The predicted octanol–water partition coefficient (Wildman–Crippen LogP) is 3.64. The Hall–Kier alpha value is -1.91. The summed E-state index contributed by atoms with van der Waals surface area (Å²) in [5, 5.41) is 0. The topological polar surface area (TPSA) is 22.6 Å². The van der Waals surface area contributed by atoms with Gasteiger partial charge in [-0.1, -0.05) is 24.3 Å². The van der Waals surface area contributed by atoms with E-state index < -0.39 is 0 Å². The molecule has 4 heteroatoms. The number of benzene rings is 1. The molecule has 4 nitrogen and oxygen atoms in total. The van der Waals surface area contributed by atoms with Crippen LogP contribution in [0.4, 0.5) is 5.69 Å². The SMILES string of the molecule is CN(C)CCN(Cc1ccccn1)Cc1ccccc1N1CCCCC1. The van der Waals surface area contributed by atoms with Gasteiger partial charge in [0.25, 0.3) is 0 Å². The molecule has 1 aliphatic rings. The Bertz CT molecular complexity index is 650. The van der Waals surface area contributed by atoms with Gasteiger partial charge in [0.15, 0.2) is 0 Å². The minimum absolute atomic E-state index is 0.892. The van der Waals surface area contributed by atoms with Crippen LogP contribution in [0.5, 0.6) is 0 Å². The first-order valence-electron chi connectivity index (χ1n) is 9.82. The van der Waals surface area contributed by atoms with Crippen LogP contribution >= 0.6 is 0 Å². The molecule has 0 spiro atoms. The largest absolute Gasteiger partial charge is 0.371 e. The molecule has 1 aliphatic heterocycles. The molecule has 0 bridgehead atoms. The van der Waals surface area contributed by atoms with Gasteiger partial charge in [-0.3, -0.25) is 9.88 Å². The fourth-order valence-electron chi connectivity index (χ4n) is 3.60. The summed E-state index contributed by atoms with van der Waals surface area (Å²) in [6.07, 6.45) is 5.88. The van der Waals surface area contributed by atoms with E-state index in [1.54, 1.807) is 0 Å². The van der Waals surface area contributed by atoms with Gasteiger partial charge in [0.2, 0.25) is 0 Å². The van der Waals surface area contributed by atoms with Crippen molar-refractivity contribution in [3.05, 3.63) is 59.9 Å². The Morgan fingerprint density at radius 3 is 2.38 bits per heavy atom. The minimum Gasteiger partial charge on any atom is -0.371 e. The molecule has 0 saturated carbocycles. The van der Waals surface area contributed by atoms with Gasteiger partial charge >= 0.3 is 0 Å². The summed E-state index contributed by atoms with van der Waals surface area (Å²) in [6, 6.07) is 15.1. The molecule has 26 heavy (non-hydrogen) atoms. The van der Waals surface area contributed by atoms with Crippen molar-refractivity contribution in [1.29, 1.82) is 0 Å². The highest BCUT2D eigenvalue weighted by Crippen LogP contribution is 2.25. The number of likely N-dealkylation sites (N-methyl/N-ethyl adjacent to an activating group) is 1. The van der Waals surface area contributed by atoms with Crippen molar-refractivity contribution in [2.24, 2.45) is 0 Å². The lowest BCUT2D eigenvalue weighted by Gasteiger charge is -2.32. The summed E-state index contributed by atoms with van der Waals surface area (Å²) in [5.74, 6) is 0. The van der Waals surface area contributed by atoms with Crippen molar-refractivity contribution in [3.8, 4) is 0 Å². The number of nitrogens with zero attached hydrogens (tertiary/aromatic N) is 4. The van der Waals surface area contributed by atoms with Crippen molar-refractivity contribution in [2.75, 3.05) is 45.2 Å². The van der Waals surface area contributed by atoms with E-state index in [1.807, 2.05) is 12.3 Å². The van der Waals surface area contributed by atoms with E-state index in [4.69, 9.17) is 0 Å². The lowest BCUT2D eigenvalue weighted by molar-refractivity contribution is 0.224. The first kappa shape index (κ1) is 18.9. The van der Waals surface area contributed by atoms with Crippen LogP contribution in [0.2, 0.25) is 0 Å². The summed E-state index contributed by atoms with van der Waals surface area (Å²) in [7, 11) is 4.28. The zero-order chi connectivity index (χ0) is 18.2. The van der Waals surface area contributed by atoms with Crippen LogP contribution in [-0.4, -0.2) is 55.1 Å². The number of aromatic nitrogens is 1. The zero-order valence-corrected chi connectivity index (χ0v) is 16.3. The summed E-state index contributed by atoms with van der Waals surface area (Å²) in [5.41, 5.74) is 3.99. The fraction of sp³-hybridized carbons (Fsp3) is 0.500. The van der Waals surface area contributed by atoms with Gasteiger partial charge in [0.1, 0.15) is 0 Å². The molecule has 0 radical (unpaired) electrons. The molecule has 3 rings (SSSR count). The number of hydrogen-bond donors (Lipinski definition) is 0. The van der Waals surface area contributed by atoms with Crippen LogP contribution in [0.15, 0.2) is 48.7 Å². The highest BCUT2D eigenvalue weighted by atomic mass is 15.2. The molecule has 1 aromatic carbocycles. The first-order chi connectivity index (χ1) is 12.7. The van der Waals surface area contributed by atoms with Crippen LogP contribution in [0.1, 0.15) is 30.5 Å². The maximum atomic E-state index is 4.53. The molecule has 0 aliphatic carbocycles. The highest BCUT2D eigenvalue weighted by Gasteiger charge is 2.16. The van der Waals surface area contributed by atoms with E-state index >= 15 is 0 Å². The molecule has 0 amide bonds. The first-order valence-corrected chi connectivity index (χ1v) is 9.82. The molecule has 140 valence electrons. The summed E-state index contributed by atoms with van der Waals surface area (Å²) in [4.78, 5) is 11.9. The number of para-hydroxylation sites is 1. The smallest absolute Gasteiger partial charge is 0.0544 e. The maximum Gasteiger partial charge on any atom is 0.0544 e. The lowest BCUT2D eigenvalue weighted by Crippen LogP contribution is -2.33. The van der Waals surface area contributed by atoms with Gasteiger partial charge < -0.3 is 9.80 Å². The third kappa shape index (κ3) is 5.55. The second-order valence-electron chi connectivity index (χ2n) is 7.51. The average molecular weight is 353 g/mol. The van der Waals surface area contributed by atoms with E-state index in [-0.39, 0.29) is 0 Å². The van der Waals surface area contributed by atoms with Crippen LogP contribution in [0, 0.1) is 0 Å². The number of hydrogen-bond acceptors (Lipinski definition) is 4. The third-order valence-electron chi connectivity index (χ3n) is 5.06. The van der Waals surface area contributed by atoms with E-state index in [1.165, 1.54) is 43.6 Å². The zero-order valence-electron chi connectivity index (χ0n) is 16.3. The molecule has 1 fully saturated rings. The van der Waals surface area contributed by atoms with Gasteiger partial charge in [0, 0.05) is 51.2 Å². The Kier molecular flexibility index (Phi) is 7.04. The quantitative estimate of drug-likeness (QED) is 0.723. The molecule has 2 heterocycles. The number of anilines is 1. The summed E-state index contributed by atoms with van der Waals surface area (Å²) in [6.45, 7) is 6.33. The normalized spacial score (nSPS) is 15.0.